The zero-order valence-corrected chi connectivity index (χ0v) is 18.1. The molecule has 1 aromatic heterocycles. The lowest BCUT2D eigenvalue weighted by Gasteiger charge is -2.22. The molecule has 142 valence electrons. The topological polar surface area (TPSA) is 91.8 Å². The first-order chi connectivity index (χ1) is 11.6. The van der Waals surface area contributed by atoms with Gasteiger partial charge in [-0.1, -0.05) is 6.07 Å². The maximum atomic E-state index is 12.0. The Balaban J connectivity index is 0.00000225. The van der Waals surface area contributed by atoms with Crippen molar-refractivity contribution in [2.75, 3.05) is 19.6 Å². The Kier molecular flexibility index (Phi) is 7.92. The number of fused-ring (bicyclic) bond motifs is 2. The Morgan fingerprint density at radius 1 is 1.44 bits per heavy atom. The number of rotatable bonds is 7. The minimum absolute atomic E-state index is 0. The van der Waals surface area contributed by atoms with Gasteiger partial charge in [0.25, 0.3) is 0 Å². The highest BCUT2D eigenvalue weighted by Crippen LogP contribution is 2.34. The summed E-state index contributed by atoms with van der Waals surface area (Å²) in [6.45, 7) is 3.41. The predicted octanol–water partition coefficient (Wildman–Crippen LogP) is 1.52. The van der Waals surface area contributed by atoms with E-state index in [2.05, 4.69) is 20.3 Å². The van der Waals surface area contributed by atoms with Gasteiger partial charge in [0.2, 0.25) is 10.0 Å². The summed E-state index contributed by atoms with van der Waals surface area (Å²) in [6.07, 6.45) is 3.92. The van der Waals surface area contributed by atoms with Gasteiger partial charge in [0, 0.05) is 13.1 Å². The molecule has 3 heterocycles. The lowest BCUT2D eigenvalue weighted by Crippen LogP contribution is -2.47. The van der Waals surface area contributed by atoms with Crippen LogP contribution in [0.4, 0.5) is 0 Å². The third-order valence-electron chi connectivity index (χ3n) is 4.21. The standard InChI is InChI=1S/C15H24N4O3S2.HI/c1-2-16-15(19-12-10-11-5-6-13(12)22-11)17-7-8-18-24(20,21)14-4-3-9-23-14;/h3-4,9,11-13,18H,2,5-8,10H2,1H3,(H2,16,17,19);1H. The highest BCUT2D eigenvalue weighted by Gasteiger charge is 2.41. The van der Waals surface area contributed by atoms with E-state index in [9.17, 15) is 8.42 Å². The van der Waals surface area contributed by atoms with Gasteiger partial charge in [-0.05, 0) is 37.6 Å². The second-order valence-electron chi connectivity index (χ2n) is 5.95. The van der Waals surface area contributed by atoms with Crippen molar-refractivity contribution >= 4 is 51.3 Å². The first-order valence-electron chi connectivity index (χ1n) is 8.32. The molecule has 7 nitrogen and oxygen atoms in total. The van der Waals surface area contributed by atoms with Crippen LogP contribution in [0.25, 0.3) is 0 Å². The molecular weight excluding hydrogens is 475 g/mol. The Morgan fingerprint density at radius 3 is 2.88 bits per heavy atom. The van der Waals surface area contributed by atoms with Crippen LogP contribution in [0.5, 0.6) is 0 Å². The largest absolute Gasteiger partial charge is 0.373 e. The number of hydrogen-bond acceptors (Lipinski definition) is 5. The fourth-order valence-corrected chi connectivity index (χ4v) is 5.18. The quantitative estimate of drug-likeness (QED) is 0.229. The molecule has 2 aliphatic heterocycles. The number of hydrogen-bond donors (Lipinski definition) is 3. The third kappa shape index (κ3) is 5.52. The Hall–Kier alpha value is -0.430. The fourth-order valence-electron chi connectivity index (χ4n) is 3.12. The van der Waals surface area contributed by atoms with Crippen LogP contribution in [0, 0.1) is 0 Å². The molecule has 2 fully saturated rings. The summed E-state index contributed by atoms with van der Waals surface area (Å²) in [6, 6.07) is 3.61. The molecule has 1 aromatic rings. The van der Waals surface area contributed by atoms with E-state index in [1.165, 1.54) is 11.3 Å². The average Bonchev–Trinajstić information content (AvgIpc) is 3.28. The van der Waals surface area contributed by atoms with Crippen LogP contribution < -0.4 is 15.4 Å². The number of ether oxygens (including phenoxy) is 1. The molecule has 0 aromatic carbocycles. The molecule has 0 radical (unpaired) electrons. The SMILES string of the molecule is CCNC(=NCCNS(=O)(=O)c1cccs1)NC1CC2CCC1O2.I. The highest BCUT2D eigenvalue weighted by atomic mass is 127. The number of nitrogens with zero attached hydrogens (tertiary/aromatic N) is 1. The van der Waals surface area contributed by atoms with Gasteiger partial charge in [0.05, 0.1) is 24.8 Å². The van der Waals surface area contributed by atoms with Gasteiger partial charge in [-0.25, -0.2) is 13.1 Å². The van der Waals surface area contributed by atoms with Crippen LogP contribution in [0.1, 0.15) is 26.2 Å². The summed E-state index contributed by atoms with van der Waals surface area (Å²) >= 11 is 1.21. The minimum atomic E-state index is -3.42. The summed E-state index contributed by atoms with van der Waals surface area (Å²) in [5.74, 6) is 0.717. The van der Waals surface area contributed by atoms with Crippen molar-refractivity contribution in [2.45, 2.75) is 48.6 Å². The first kappa shape index (κ1) is 20.9. The molecule has 3 rings (SSSR count). The summed E-state index contributed by atoms with van der Waals surface area (Å²) in [5, 5.41) is 8.36. The van der Waals surface area contributed by atoms with Crippen LogP contribution >= 0.6 is 35.3 Å². The molecule has 10 heteroatoms. The average molecular weight is 500 g/mol. The van der Waals surface area contributed by atoms with Gasteiger partial charge in [-0.2, -0.15) is 0 Å². The first-order valence-corrected chi connectivity index (χ1v) is 10.7. The molecule has 25 heavy (non-hydrogen) atoms. The molecule has 2 aliphatic rings. The Bertz CT molecular complexity index is 666. The molecule has 3 unspecified atom stereocenters. The van der Waals surface area contributed by atoms with Crippen molar-refractivity contribution < 1.29 is 13.2 Å². The number of guanidine groups is 1. The lowest BCUT2D eigenvalue weighted by atomic mass is 9.96. The van der Waals surface area contributed by atoms with Crippen LogP contribution in [0.15, 0.2) is 26.7 Å². The molecule has 3 N–H and O–H groups in total. The predicted molar refractivity (Wildman–Crippen MR) is 110 cm³/mol. The van der Waals surface area contributed by atoms with Crippen LogP contribution in [0.2, 0.25) is 0 Å². The van der Waals surface area contributed by atoms with E-state index in [-0.39, 0.29) is 36.6 Å². The van der Waals surface area contributed by atoms with Gasteiger partial charge in [-0.15, -0.1) is 35.3 Å². The van der Waals surface area contributed by atoms with Gasteiger partial charge < -0.3 is 15.4 Å². The summed E-state index contributed by atoms with van der Waals surface area (Å²) < 4.78 is 32.8. The molecule has 0 spiro atoms. The van der Waals surface area contributed by atoms with E-state index in [0.29, 0.717) is 28.9 Å². The third-order valence-corrected chi connectivity index (χ3v) is 7.06. The van der Waals surface area contributed by atoms with Gasteiger partial charge >= 0.3 is 0 Å². The molecule has 3 atom stereocenters. The smallest absolute Gasteiger partial charge is 0.250 e. The second-order valence-corrected chi connectivity index (χ2v) is 8.89. The molecule has 0 aliphatic carbocycles. The van der Waals surface area contributed by atoms with Crippen LogP contribution in [-0.2, 0) is 14.8 Å². The maximum absolute atomic E-state index is 12.0. The van der Waals surface area contributed by atoms with Crippen molar-refractivity contribution in [1.82, 2.24) is 15.4 Å². The van der Waals surface area contributed by atoms with E-state index in [0.717, 1.165) is 25.8 Å². The van der Waals surface area contributed by atoms with Crippen molar-refractivity contribution in [3.05, 3.63) is 17.5 Å². The molecule has 0 amide bonds. The molecular formula is C15H25IN4O3S2. The number of sulfonamides is 1. The van der Waals surface area contributed by atoms with E-state index in [1.54, 1.807) is 17.5 Å². The zero-order chi connectivity index (χ0) is 17.0. The monoisotopic (exact) mass is 500 g/mol. The second kappa shape index (κ2) is 9.49. The van der Waals surface area contributed by atoms with E-state index < -0.39 is 10.0 Å². The summed E-state index contributed by atoms with van der Waals surface area (Å²) in [5.41, 5.74) is 0. The molecule has 0 saturated carbocycles. The van der Waals surface area contributed by atoms with E-state index in [4.69, 9.17) is 4.74 Å². The molecule has 2 saturated heterocycles. The van der Waals surface area contributed by atoms with Crippen LogP contribution in [-0.4, -0.2) is 52.3 Å². The molecule has 2 bridgehead atoms. The van der Waals surface area contributed by atoms with Crippen molar-refractivity contribution in [3.8, 4) is 0 Å². The Labute approximate surface area is 170 Å². The Morgan fingerprint density at radius 2 is 2.28 bits per heavy atom. The van der Waals surface area contributed by atoms with Crippen molar-refractivity contribution in [1.29, 1.82) is 0 Å². The number of thiophene rings is 1. The summed E-state index contributed by atoms with van der Waals surface area (Å²) in [4.78, 5) is 4.46. The van der Waals surface area contributed by atoms with E-state index >= 15 is 0 Å². The number of halogens is 1. The van der Waals surface area contributed by atoms with Gasteiger partial charge in [0.15, 0.2) is 5.96 Å². The maximum Gasteiger partial charge on any atom is 0.250 e. The van der Waals surface area contributed by atoms with Gasteiger partial charge in [0.1, 0.15) is 4.21 Å². The normalized spacial score (nSPS) is 25.6. The van der Waals surface area contributed by atoms with E-state index in [1.807, 2.05) is 6.92 Å². The highest BCUT2D eigenvalue weighted by molar-refractivity contribution is 14.0. The van der Waals surface area contributed by atoms with Crippen molar-refractivity contribution in [3.63, 3.8) is 0 Å². The lowest BCUT2D eigenvalue weighted by molar-refractivity contribution is 0.0992. The zero-order valence-electron chi connectivity index (χ0n) is 14.1. The summed E-state index contributed by atoms with van der Waals surface area (Å²) in [7, 11) is -3.42. The number of aliphatic imine (C=N–C) groups is 1. The number of nitrogens with one attached hydrogen (secondary N) is 3. The van der Waals surface area contributed by atoms with Crippen molar-refractivity contribution in [2.24, 2.45) is 4.99 Å². The minimum Gasteiger partial charge on any atom is -0.373 e. The fraction of sp³-hybridized carbons (Fsp3) is 0.667. The van der Waals surface area contributed by atoms with Gasteiger partial charge in [-0.3, -0.25) is 4.99 Å². The van der Waals surface area contributed by atoms with Crippen LogP contribution in [0.3, 0.4) is 0 Å².